The Morgan fingerprint density at radius 2 is 2.16 bits per heavy atom. The van der Waals surface area contributed by atoms with E-state index in [1.165, 1.54) is 6.92 Å². The van der Waals surface area contributed by atoms with E-state index in [4.69, 9.17) is 10.00 Å². The van der Waals surface area contributed by atoms with Crippen LogP contribution in [0.2, 0.25) is 0 Å². The number of hydrogen-bond donors (Lipinski definition) is 1. The van der Waals surface area contributed by atoms with Gasteiger partial charge in [0, 0.05) is 18.8 Å². The summed E-state index contributed by atoms with van der Waals surface area (Å²) >= 11 is 0.816. The summed E-state index contributed by atoms with van der Waals surface area (Å²) in [5.41, 5.74) is -1.45. The maximum Gasteiger partial charge on any atom is 0.417 e. The predicted octanol–water partition coefficient (Wildman–Crippen LogP) is 3.30. The van der Waals surface area contributed by atoms with E-state index in [2.05, 4.69) is 10.3 Å². The van der Waals surface area contributed by atoms with Gasteiger partial charge in [-0.1, -0.05) is 11.8 Å². The fourth-order valence-corrected chi connectivity index (χ4v) is 2.76. The Morgan fingerprint density at radius 1 is 1.48 bits per heavy atom. The van der Waals surface area contributed by atoms with E-state index in [1.54, 1.807) is 6.07 Å². The van der Waals surface area contributed by atoms with E-state index in [0.29, 0.717) is 19.6 Å². The summed E-state index contributed by atoms with van der Waals surface area (Å²) in [5, 5.41) is 11.6. The standard InChI is InChI=1S/C16H20F3N3O2S/c1-10(2)24-6-4-5-21-14(23)9-25-15-12(8-20)13(16(17,18)19)7-11(3)22-15/h7,10H,4-6,9H2,1-3H3,(H,21,23). The molecule has 9 heteroatoms. The molecule has 0 bridgehead atoms. The Bertz CT molecular complexity index is 643. The number of amides is 1. The molecule has 25 heavy (non-hydrogen) atoms. The van der Waals surface area contributed by atoms with Crippen molar-refractivity contribution in [2.45, 2.75) is 44.5 Å². The molecular formula is C16H20F3N3O2S. The number of thioether (sulfide) groups is 1. The Balaban J connectivity index is 2.64. The number of carbonyl (C=O) groups excluding carboxylic acids is 1. The number of rotatable bonds is 8. The van der Waals surface area contributed by atoms with Gasteiger partial charge in [0.25, 0.3) is 0 Å². The smallest absolute Gasteiger partial charge is 0.379 e. The molecular weight excluding hydrogens is 355 g/mol. The Kier molecular flexibility index (Phi) is 8.19. The van der Waals surface area contributed by atoms with Crippen LogP contribution in [0.25, 0.3) is 0 Å². The molecule has 0 fully saturated rings. The third-order valence-corrected chi connectivity index (χ3v) is 3.94. The highest BCUT2D eigenvalue weighted by molar-refractivity contribution is 8.00. The van der Waals surface area contributed by atoms with Crippen LogP contribution in [0, 0.1) is 18.3 Å². The topological polar surface area (TPSA) is 75.0 Å². The van der Waals surface area contributed by atoms with Crippen LogP contribution in [0.1, 0.15) is 37.1 Å². The highest BCUT2D eigenvalue weighted by Gasteiger charge is 2.35. The lowest BCUT2D eigenvalue weighted by atomic mass is 10.1. The number of carbonyl (C=O) groups is 1. The van der Waals surface area contributed by atoms with Crippen molar-refractivity contribution in [3.05, 3.63) is 22.9 Å². The molecule has 0 aromatic carbocycles. The molecule has 1 N–H and O–H groups in total. The number of aryl methyl sites for hydroxylation is 1. The first-order valence-corrected chi connectivity index (χ1v) is 8.63. The second kappa shape index (κ2) is 9.63. The fraction of sp³-hybridized carbons (Fsp3) is 0.562. The van der Waals surface area contributed by atoms with Crippen LogP contribution < -0.4 is 5.32 Å². The molecule has 5 nitrogen and oxygen atoms in total. The van der Waals surface area contributed by atoms with Crippen LogP contribution >= 0.6 is 11.8 Å². The highest BCUT2D eigenvalue weighted by atomic mass is 32.2. The Labute approximate surface area is 149 Å². The largest absolute Gasteiger partial charge is 0.417 e. The number of nitrogens with one attached hydrogen (secondary N) is 1. The minimum Gasteiger partial charge on any atom is -0.379 e. The SMILES string of the molecule is Cc1cc(C(F)(F)F)c(C#N)c(SCC(=O)NCCCOC(C)C)n1. The summed E-state index contributed by atoms with van der Waals surface area (Å²) in [6.07, 6.45) is -3.89. The lowest BCUT2D eigenvalue weighted by Crippen LogP contribution is -2.27. The molecule has 0 atom stereocenters. The van der Waals surface area contributed by atoms with E-state index in [1.807, 2.05) is 13.8 Å². The fourth-order valence-electron chi connectivity index (χ4n) is 1.88. The van der Waals surface area contributed by atoms with Crippen molar-refractivity contribution in [1.29, 1.82) is 5.26 Å². The van der Waals surface area contributed by atoms with Crippen LogP contribution in [0.4, 0.5) is 13.2 Å². The molecule has 1 heterocycles. The van der Waals surface area contributed by atoms with Crippen molar-refractivity contribution >= 4 is 17.7 Å². The molecule has 0 unspecified atom stereocenters. The minimum atomic E-state index is -4.65. The Morgan fingerprint density at radius 3 is 2.72 bits per heavy atom. The van der Waals surface area contributed by atoms with Crippen LogP contribution in [0.5, 0.6) is 0 Å². The van der Waals surface area contributed by atoms with Crippen LogP contribution in [0.3, 0.4) is 0 Å². The maximum atomic E-state index is 13.0. The van der Waals surface area contributed by atoms with Crippen molar-refractivity contribution in [3.63, 3.8) is 0 Å². The normalized spacial score (nSPS) is 11.4. The first kappa shape index (κ1) is 21.3. The number of hydrogen-bond acceptors (Lipinski definition) is 5. The number of aromatic nitrogens is 1. The van der Waals surface area contributed by atoms with Gasteiger partial charge in [-0.25, -0.2) is 4.98 Å². The van der Waals surface area contributed by atoms with Crippen LogP contribution in [0.15, 0.2) is 11.1 Å². The van der Waals surface area contributed by atoms with Gasteiger partial charge in [0.05, 0.1) is 23.0 Å². The van der Waals surface area contributed by atoms with Gasteiger partial charge < -0.3 is 10.1 Å². The molecule has 138 valence electrons. The number of nitrogens with zero attached hydrogens (tertiary/aromatic N) is 2. The van der Waals surface area contributed by atoms with Gasteiger partial charge in [-0.15, -0.1) is 0 Å². The van der Waals surface area contributed by atoms with E-state index in [-0.39, 0.29) is 28.5 Å². The first-order chi connectivity index (χ1) is 11.6. The third-order valence-electron chi connectivity index (χ3n) is 2.97. The molecule has 0 aliphatic carbocycles. The zero-order valence-corrected chi connectivity index (χ0v) is 15.1. The van der Waals surface area contributed by atoms with Crippen molar-refractivity contribution in [1.82, 2.24) is 10.3 Å². The Hall–Kier alpha value is -1.79. The van der Waals surface area contributed by atoms with Crippen molar-refractivity contribution in [2.75, 3.05) is 18.9 Å². The van der Waals surface area contributed by atoms with Gasteiger partial charge in [0.1, 0.15) is 11.1 Å². The average Bonchev–Trinajstić information content (AvgIpc) is 2.50. The number of nitriles is 1. The third kappa shape index (κ3) is 7.32. The van der Waals surface area contributed by atoms with Crippen molar-refractivity contribution < 1.29 is 22.7 Å². The second-order valence-electron chi connectivity index (χ2n) is 5.51. The molecule has 1 aromatic heterocycles. The molecule has 1 aromatic rings. The number of alkyl halides is 3. The summed E-state index contributed by atoms with van der Waals surface area (Å²) in [7, 11) is 0. The van der Waals surface area contributed by atoms with Gasteiger partial charge in [-0.2, -0.15) is 18.4 Å². The molecule has 0 spiro atoms. The van der Waals surface area contributed by atoms with E-state index in [9.17, 15) is 18.0 Å². The predicted molar refractivity (Wildman–Crippen MR) is 88.1 cm³/mol. The van der Waals surface area contributed by atoms with Gasteiger partial charge in [-0.05, 0) is 33.3 Å². The molecule has 0 saturated carbocycles. The summed E-state index contributed by atoms with van der Waals surface area (Å²) in [6.45, 7) is 6.15. The quantitative estimate of drug-likeness (QED) is 0.557. The minimum absolute atomic E-state index is 0.0897. The van der Waals surface area contributed by atoms with E-state index >= 15 is 0 Å². The lowest BCUT2D eigenvalue weighted by Gasteiger charge is -2.13. The van der Waals surface area contributed by atoms with Crippen LogP contribution in [-0.4, -0.2) is 35.9 Å². The van der Waals surface area contributed by atoms with Gasteiger partial charge >= 0.3 is 6.18 Å². The van der Waals surface area contributed by atoms with Crippen LogP contribution in [-0.2, 0) is 15.7 Å². The number of halogens is 3. The molecule has 1 amide bonds. The molecule has 1 rings (SSSR count). The molecule has 0 aliphatic heterocycles. The van der Waals surface area contributed by atoms with Crippen molar-refractivity contribution in [3.8, 4) is 6.07 Å². The summed E-state index contributed by atoms with van der Waals surface area (Å²) in [6, 6.07) is 2.37. The van der Waals surface area contributed by atoms with Gasteiger partial charge in [0.15, 0.2) is 0 Å². The number of ether oxygens (including phenoxy) is 1. The molecule has 0 radical (unpaired) electrons. The van der Waals surface area contributed by atoms with Gasteiger partial charge in [-0.3, -0.25) is 4.79 Å². The zero-order chi connectivity index (χ0) is 19.0. The average molecular weight is 375 g/mol. The summed E-state index contributed by atoms with van der Waals surface area (Å²) in [4.78, 5) is 15.7. The lowest BCUT2D eigenvalue weighted by molar-refractivity contribution is -0.138. The summed E-state index contributed by atoms with van der Waals surface area (Å²) in [5.74, 6) is -0.455. The number of pyridine rings is 1. The zero-order valence-electron chi connectivity index (χ0n) is 14.2. The first-order valence-electron chi connectivity index (χ1n) is 7.65. The van der Waals surface area contributed by atoms with E-state index < -0.39 is 17.3 Å². The van der Waals surface area contributed by atoms with Gasteiger partial charge in [0.2, 0.25) is 5.91 Å². The van der Waals surface area contributed by atoms with E-state index in [0.717, 1.165) is 17.8 Å². The molecule has 0 aliphatic rings. The second-order valence-corrected chi connectivity index (χ2v) is 6.48. The maximum absolute atomic E-state index is 13.0. The highest BCUT2D eigenvalue weighted by Crippen LogP contribution is 2.35. The monoisotopic (exact) mass is 375 g/mol. The molecule has 0 saturated heterocycles. The summed E-state index contributed by atoms with van der Waals surface area (Å²) < 4.78 is 44.4. The van der Waals surface area contributed by atoms with Crippen molar-refractivity contribution in [2.24, 2.45) is 0 Å².